The summed E-state index contributed by atoms with van der Waals surface area (Å²) in [4.78, 5) is 9.74. The van der Waals surface area contributed by atoms with Gasteiger partial charge in [0, 0.05) is 18.1 Å². The van der Waals surface area contributed by atoms with E-state index >= 15 is 0 Å². The lowest BCUT2D eigenvalue weighted by Crippen LogP contribution is -2.36. The summed E-state index contributed by atoms with van der Waals surface area (Å²) in [5.74, 6) is 0.720. The number of thiol groups is 1. The molecule has 0 saturated carbocycles. The molecule has 7 rings (SSSR count). The van der Waals surface area contributed by atoms with Crippen LogP contribution >= 0.6 is 12.6 Å². The number of para-hydroxylation sites is 1. The van der Waals surface area contributed by atoms with Crippen molar-refractivity contribution in [1.82, 2.24) is 29.3 Å². The smallest absolute Gasteiger partial charge is 0.188 e. The maximum absolute atomic E-state index is 4.91. The van der Waals surface area contributed by atoms with Gasteiger partial charge in [-0.3, -0.25) is 0 Å². The zero-order valence-corrected chi connectivity index (χ0v) is 24.4. The first kappa shape index (κ1) is 26.9. The fourth-order valence-electron chi connectivity index (χ4n) is 5.96. The van der Waals surface area contributed by atoms with Gasteiger partial charge >= 0.3 is 0 Å². The molecule has 0 aliphatic carbocycles. The molecule has 0 atom stereocenters. The van der Waals surface area contributed by atoms with Crippen LogP contribution in [0.4, 0.5) is 0 Å². The van der Waals surface area contributed by atoms with Crippen molar-refractivity contribution < 1.29 is 0 Å². The molecular formula is C36H30N6S. The molecule has 0 amide bonds. The van der Waals surface area contributed by atoms with E-state index in [1.807, 2.05) is 35.2 Å². The molecule has 0 saturated heterocycles. The number of aryl methyl sites for hydroxylation is 1. The summed E-state index contributed by atoms with van der Waals surface area (Å²) in [6.45, 7) is 0.698. The maximum atomic E-state index is 4.91. The molecular weight excluding hydrogens is 549 g/mol. The third kappa shape index (κ3) is 5.02. The summed E-state index contributed by atoms with van der Waals surface area (Å²) in [7, 11) is 0. The van der Waals surface area contributed by atoms with E-state index in [0.717, 1.165) is 41.0 Å². The number of hydrogen-bond acceptors (Lipinski definition) is 5. The SMILES string of the molecule is Sc1nnc(-c2ccc3ccccc3n2)n1CCCc1cn(C(c2ccccc2)(c2ccccc2)c2ccccc2)cn1. The summed E-state index contributed by atoms with van der Waals surface area (Å²) in [6, 6.07) is 44.1. The third-order valence-electron chi connectivity index (χ3n) is 7.97. The second-order valence-electron chi connectivity index (χ2n) is 10.5. The molecule has 0 spiro atoms. The van der Waals surface area contributed by atoms with Gasteiger partial charge in [0.2, 0.25) is 0 Å². The molecule has 0 radical (unpaired) electrons. The van der Waals surface area contributed by atoms with Crippen molar-refractivity contribution >= 4 is 23.5 Å². The minimum Gasteiger partial charge on any atom is -0.319 e. The zero-order chi connectivity index (χ0) is 29.1. The van der Waals surface area contributed by atoms with E-state index in [1.165, 1.54) is 16.7 Å². The van der Waals surface area contributed by atoms with Crippen LogP contribution in [0.5, 0.6) is 0 Å². The number of hydrogen-bond donors (Lipinski definition) is 1. The minimum absolute atomic E-state index is 0.573. The molecule has 43 heavy (non-hydrogen) atoms. The Morgan fingerprint density at radius 2 is 1.26 bits per heavy atom. The van der Waals surface area contributed by atoms with E-state index in [4.69, 9.17) is 9.97 Å². The fourth-order valence-corrected chi connectivity index (χ4v) is 6.20. The van der Waals surface area contributed by atoms with Gasteiger partial charge in [0.15, 0.2) is 11.0 Å². The second kappa shape index (κ2) is 11.7. The Kier molecular flexibility index (Phi) is 7.31. The molecule has 210 valence electrons. The van der Waals surface area contributed by atoms with E-state index in [-0.39, 0.29) is 0 Å². The van der Waals surface area contributed by atoms with E-state index in [0.29, 0.717) is 11.7 Å². The van der Waals surface area contributed by atoms with Crippen LogP contribution in [0.1, 0.15) is 28.8 Å². The molecule has 6 nitrogen and oxygen atoms in total. The number of benzene rings is 4. The molecule has 0 aliphatic heterocycles. The molecule has 0 unspecified atom stereocenters. The highest BCUT2D eigenvalue weighted by Gasteiger charge is 2.38. The topological polar surface area (TPSA) is 61.4 Å². The van der Waals surface area contributed by atoms with Gasteiger partial charge in [0.1, 0.15) is 11.2 Å². The summed E-state index contributed by atoms with van der Waals surface area (Å²) < 4.78 is 4.29. The van der Waals surface area contributed by atoms with Gasteiger partial charge in [-0.25, -0.2) is 9.97 Å². The Hall–Kier alpha value is -5.01. The maximum Gasteiger partial charge on any atom is 0.188 e. The first-order valence-corrected chi connectivity index (χ1v) is 14.9. The van der Waals surface area contributed by atoms with Gasteiger partial charge in [0.05, 0.1) is 17.5 Å². The molecule has 7 heteroatoms. The number of fused-ring (bicyclic) bond motifs is 1. The predicted octanol–water partition coefficient (Wildman–Crippen LogP) is 7.45. The summed E-state index contributed by atoms with van der Waals surface area (Å²) in [5.41, 5.74) is 5.69. The van der Waals surface area contributed by atoms with Crippen LogP contribution in [0.2, 0.25) is 0 Å². The van der Waals surface area contributed by atoms with Gasteiger partial charge in [-0.15, -0.1) is 22.8 Å². The Balaban J connectivity index is 1.20. The van der Waals surface area contributed by atoms with Crippen LogP contribution < -0.4 is 0 Å². The largest absolute Gasteiger partial charge is 0.319 e. The van der Waals surface area contributed by atoms with Crippen LogP contribution in [-0.4, -0.2) is 29.3 Å². The highest BCUT2D eigenvalue weighted by Crippen LogP contribution is 2.40. The van der Waals surface area contributed by atoms with Crippen molar-refractivity contribution in [2.75, 3.05) is 0 Å². The normalized spacial score (nSPS) is 11.7. The van der Waals surface area contributed by atoms with E-state index in [1.54, 1.807) is 0 Å². The Labute approximate surface area is 256 Å². The molecule has 0 N–H and O–H groups in total. The van der Waals surface area contributed by atoms with Crippen LogP contribution in [0.3, 0.4) is 0 Å². The molecule has 4 aromatic carbocycles. The average Bonchev–Trinajstić information content (AvgIpc) is 3.69. The number of pyridine rings is 1. The molecule has 0 aliphatic rings. The van der Waals surface area contributed by atoms with Crippen LogP contribution in [0.15, 0.2) is 145 Å². The molecule has 3 heterocycles. The van der Waals surface area contributed by atoms with Crippen molar-refractivity contribution in [2.24, 2.45) is 0 Å². The Bertz CT molecular complexity index is 1870. The highest BCUT2D eigenvalue weighted by molar-refractivity contribution is 7.80. The number of imidazole rings is 1. The van der Waals surface area contributed by atoms with Crippen molar-refractivity contribution in [3.8, 4) is 11.5 Å². The van der Waals surface area contributed by atoms with E-state index in [2.05, 4.69) is 137 Å². The second-order valence-corrected chi connectivity index (χ2v) is 10.9. The third-order valence-corrected chi connectivity index (χ3v) is 8.30. The van der Waals surface area contributed by atoms with Crippen LogP contribution in [0.25, 0.3) is 22.4 Å². The molecule has 0 fully saturated rings. The molecule has 7 aromatic rings. The van der Waals surface area contributed by atoms with Crippen molar-refractivity contribution in [3.05, 3.63) is 162 Å². The quantitative estimate of drug-likeness (QED) is 0.143. The number of aromatic nitrogens is 6. The lowest BCUT2D eigenvalue weighted by Gasteiger charge is -2.37. The first-order chi connectivity index (χ1) is 21.2. The minimum atomic E-state index is -0.573. The summed E-state index contributed by atoms with van der Waals surface area (Å²) >= 11 is 4.61. The summed E-state index contributed by atoms with van der Waals surface area (Å²) in [5, 5.41) is 10.3. The van der Waals surface area contributed by atoms with Gasteiger partial charge < -0.3 is 9.13 Å². The fraction of sp³-hybridized carbons (Fsp3) is 0.111. The number of nitrogens with zero attached hydrogens (tertiary/aromatic N) is 6. The van der Waals surface area contributed by atoms with Gasteiger partial charge in [-0.05, 0) is 41.7 Å². The Morgan fingerprint density at radius 3 is 1.91 bits per heavy atom. The van der Waals surface area contributed by atoms with Gasteiger partial charge in [0.25, 0.3) is 0 Å². The lowest BCUT2D eigenvalue weighted by atomic mass is 9.77. The Morgan fingerprint density at radius 1 is 0.651 bits per heavy atom. The molecule has 3 aromatic heterocycles. The predicted molar refractivity (Wildman–Crippen MR) is 173 cm³/mol. The van der Waals surface area contributed by atoms with Crippen LogP contribution in [-0.2, 0) is 18.5 Å². The van der Waals surface area contributed by atoms with Crippen LogP contribution in [0, 0.1) is 0 Å². The van der Waals surface area contributed by atoms with E-state index in [9.17, 15) is 0 Å². The summed E-state index contributed by atoms with van der Waals surface area (Å²) in [6.07, 6.45) is 5.79. The standard InChI is InChI=1S/C36H30N6S/c43-35-40-39-34(33-23-22-27-13-10-11-21-32(27)38-33)42(35)24-12-20-31-25-41(26-37-31)36(28-14-4-1-5-15-28,29-16-6-2-7-17-29)30-18-8-3-9-19-30/h1-11,13-19,21-23,25-26H,12,20,24H2,(H,40,43). The molecule has 0 bridgehead atoms. The van der Waals surface area contributed by atoms with Gasteiger partial charge in [-0.2, -0.15) is 0 Å². The lowest BCUT2D eigenvalue weighted by molar-refractivity contribution is 0.513. The monoisotopic (exact) mass is 578 g/mol. The van der Waals surface area contributed by atoms with Crippen molar-refractivity contribution in [1.29, 1.82) is 0 Å². The highest BCUT2D eigenvalue weighted by atomic mass is 32.1. The van der Waals surface area contributed by atoms with Crippen molar-refractivity contribution in [2.45, 2.75) is 30.1 Å². The number of rotatable bonds is 9. The van der Waals surface area contributed by atoms with Crippen molar-refractivity contribution in [3.63, 3.8) is 0 Å². The van der Waals surface area contributed by atoms with Gasteiger partial charge in [-0.1, -0.05) is 115 Å². The average molecular weight is 579 g/mol. The zero-order valence-electron chi connectivity index (χ0n) is 23.5. The first-order valence-electron chi connectivity index (χ1n) is 14.4. The van der Waals surface area contributed by atoms with E-state index < -0.39 is 5.54 Å².